The third-order valence-corrected chi connectivity index (χ3v) is 5.26. The van der Waals surface area contributed by atoms with Crippen LogP contribution in [0, 0.1) is 13.8 Å². The van der Waals surface area contributed by atoms with Gasteiger partial charge in [-0.3, -0.25) is 14.2 Å². The molecule has 9 heteroatoms. The molecule has 0 unspecified atom stereocenters. The number of thiazole rings is 1. The van der Waals surface area contributed by atoms with Crippen LogP contribution in [0.1, 0.15) is 11.3 Å². The third-order valence-electron chi connectivity index (χ3n) is 3.53. The van der Waals surface area contributed by atoms with E-state index in [0.717, 1.165) is 4.70 Å². The first kappa shape index (κ1) is 16.9. The van der Waals surface area contributed by atoms with Crippen LogP contribution in [0.2, 0.25) is 10.0 Å². The number of nitrogens with one attached hydrogen (secondary N) is 1. The van der Waals surface area contributed by atoms with Crippen LogP contribution in [-0.2, 0) is 11.3 Å². The summed E-state index contributed by atoms with van der Waals surface area (Å²) in [4.78, 5) is 32.6. The Labute approximate surface area is 151 Å². The van der Waals surface area contributed by atoms with Crippen molar-refractivity contribution in [2.45, 2.75) is 20.4 Å². The normalized spacial score (nSPS) is 11.0. The fraction of sp³-hybridized carbons (Fsp3) is 0.200. The van der Waals surface area contributed by atoms with E-state index in [9.17, 15) is 9.59 Å². The van der Waals surface area contributed by atoms with Gasteiger partial charge in [0.1, 0.15) is 12.1 Å². The Morgan fingerprint density at radius 1 is 1.33 bits per heavy atom. The number of aromatic nitrogens is 3. The van der Waals surface area contributed by atoms with Gasteiger partial charge in [0, 0.05) is 11.3 Å². The highest BCUT2D eigenvalue weighted by molar-refractivity contribution is 7.22. The van der Waals surface area contributed by atoms with Crippen LogP contribution in [0.5, 0.6) is 0 Å². The average Bonchev–Trinajstić information content (AvgIpc) is 2.95. The highest BCUT2D eigenvalue weighted by Gasteiger charge is 2.13. The fourth-order valence-corrected chi connectivity index (χ4v) is 3.40. The average molecular weight is 383 g/mol. The van der Waals surface area contributed by atoms with Crippen LogP contribution in [0.4, 0.5) is 5.13 Å². The van der Waals surface area contributed by atoms with Crippen LogP contribution in [0.15, 0.2) is 23.3 Å². The van der Waals surface area contributed by atoms with Gasteiger partial charge in [-0.25, -0.2) is 9.97 Å². The van der Waals surface area contributed by atoms with E-state index in [0.29, 0.717) is 32.0 Å². The standard InChI is InChI=1S/C15H12Cl2N4O2S/c1-7-8(2)18-6-21(14(7)23)5-11(22)19-15-20-13-10(24-15)4-3-9(16)12(13)17/h3-4,6H,5H2,1-2H3,(H,19,20,22). The Hall–Kier alpha value is -1.96. The van der Waals surface area contributed by atoms with Crippen molar-refractivity contribution in [1.29, 1.82) is 0 Å². The highest BCUT2D eigenvalue weighted by atomic mass is 35.5. The molecule has 0 aliphatic rings. The van der Waals surface area contributed by atoms with Crippen molar-refractivity contribution in [2.75, 3.05) is 5.32 Å². The summed E-state index contributed by atoms with van der Waals surface area (Å²) in [5.41, 5.74) is 1.47. The van der Waals surface area contributed by atoms with E-state index in [-0.39, 0.29) is 18.0 Å². The molecule has 0 saturated heterocycles. The van der Waals surface area contributed by atoms with Gasteiger partial charge in [0.15, 0.2) is 5.13 Å². The number of hydrogen-bond donors (Lipinski definition) is 1. The van der Waals surface area contributed by atoms with E-state index in [1.54, 1.807) is 26.0 Å². The van der Waals surface area contributed by atoms with Gasteiger partial charge in [-0.1, -0.05) is 34.5 Å². The summed E-state index contributed by atoms with van der Waals surface area (Å²) in [6, 6.07) is 3.46. The summed E-state index contributed by atoms with van der Waals surface area (Å²) >= 11 is 13.3. The molecule has 1 aromatic carbocycles. The minimum Gasteiger partial charge on any atom is -0.300 e. The first-order valence-corrected chi connectivity index (χ1v) is 8.51. The number of nitrogens with zero attached hydrogens (tertiary/aromatic N) is 3. The number of carbonyl (C=O) groups excluding carboxylic acids is 1. The molecule has 24 heavy (non-hydrogen) atoms. The molecule has 0 radical (unpaired) electrons. The zero-order chi connectivity index (χ0) is 17.4. The Morgan fingerprint density at radius 2 is 2.08 bits per heavy atom. The molecule has 2 aromatic heterocycles. The second-order valence-corrected chi connectivity index (χ2v) is 6.98. The zero-order valence-corrected chi connectivity index (χ0v) is 15.1. The molecule has 0 bridgehead atoms. The quantitative estimate of drug-likeness (QED) is 0.752. The monoisotopic (exact) mass is 382 g/mol. The lowest BCUT2D eigenvalue weighted by Crippen LogP contribution is -2.29. The second-order valence-electron chi connectivity index (χ2n) is 5.16. The predicted octanol–water partition coefficient (Wildman–Crippen LogP) is 3.42. The van der Waals surface area contributed by atoms with E-state index in [2.05, 4.69) is 15.3 Å². The third kappa shape index (κ3) is 3.15. The first-order valence-electron chi connectivity index (χ1n) is 6.94. The molecule has 0 aliphatic heterocycles. The smallest absolute Gasteiger partial charge is 0.256 e. The molecule has 1 N–H and O–H groups in total. The van der Waals surface area contributed by atoms with Gasteiger partial charge in [0.25, 0.3) is 5.56 Å². The molecule has 3 rings (SSSR count). The number of benzene rings is 1. The lowest BCUT2D eigenvalue weighted by atomic mass is 10.3. The molecule has 0 saturated carbocycles. The zero-order valence-electron chi connectivity index (χ0n) is 12.8. The molecular weight excluding hydrogens is 371 g/mol. The maximum atomic E-state index is 12.2. The number of anilines is 1. The Bertz CT molecular complexity index is 1010. The van der Waals surface area contributed by atoms with Crippen LogP contribution in [-0.4, -0.2) is 20.4 Å². The van der Waals surface area contributed by atoms with Crippen molar-refractivity contribution in [1.82, 2.24) is 14.5 Å². The molecule has 6 nitrogen and oxygen atoms in total. The molecule has 124 valence electrons. The van der Waals surface area contributed by atoms with Crippen molar-refractivity contribution in [3.05, 3.63) is 50.1 Å². The number of hydrogen-bond acceptors (Lipinski definition) is 5. The largest absolute Gasteiger partial charge is 0.300 e. The van der Waals surface area contributed by atoms with Crippen molar-refractivity contribution in [3.8, 4) is 0 Å². The van der Waals surface area contributed by atoms with E-state index in [4.69, 9.17) is 23.2 Å². The van der Waals surface area contributed by atoms with Crippen LogP contribution < -0.4 is 10.9 Å². The fourth-order valence-electron chi connectivity index (χ4n) is 2.09. The summed E-state index contributed by atoms with van der Waals surface area (Å²) in [7, 11) is 0. The van der Waals surface area contributed by atoms with Gasteiger partial charge in [-0.2, -0.15) is 0 Å². The Morgan fingerprint density at radius 3 is 2.83 bits per heavy atom. The topological polar surface area (TPSA) is 76.9 Å². The summed E-state index contributed by atoms with van der Waals surface area (Å²) in [5, 5.41) is 3.81. The summed E-state index contributed by atoms with van der Waals surface area (Å²) in [5.74, 6) is -0.372. The molecule has 1 amide bonds. The number of amides is 1. The van der Waals surface area contributed by atoms with Crippen LogP contribution >= 0.6 is 34.5 Å². The summed E-state index contributed by atoms with van der Waals surface area (Å²) in [6.45, 7) is 3.28. The number of rotatable bonds is 3. The lowest BCUT2D eigenvalue weighted by molar-refractivity contribution is -0.116. The molecule has 0 aliphatic carbocycles. The molecule has 2 heterocycles. The SMILES string of the molecule is Cc1ncn(CC(=O)Nc2nc3c(Cl)c(Cl)ccc3s2)c(=O)c1C. The van der Waals surface area contributed by atoms with E-state index in [1.807, 2.05) is 0 Å². The number of halogens is 2. The molecule has 3 aromatic rings. The summed E-state index contributed by atoms with van der Waals surface area (Å²) in [6.07, 6.45) is 1.36. The van der Waals surface area contributed by atoms with Gasteiger partial charge in [0.2, 0.25) is 5.91 Å². The van der Waals surface area contributed by atoms with Gasteiger partial charge in [-0.05, 0) is 26.0 Å². The number of carbonyl (C=O) groups is 1. The van der Waals surface area contributed by atoms with Gasteiger partial charge in [0.05, 0.1) is 21.1 Å². The maximum Gasteiger partial charge on any atom is 0.256 e. The molecule has 0 spiro atoms. The van der Waals surface area contributed by atoms with Gasteiger partial charge >= 0.3 is 0 Å². The number of fused-ring (bicyclic) bond motifs is 1. The van der Waals surface area contributed by atoms with E-state index >= 15 is 0 Å². The molecular formula is C15H12Cl2N4O2S. The predicted molar refractivity (Wildman–Crippen MR) is 96.2 cm³/mol. The van der Waals surface area contributed by atoms with Crippen molar-refractivity contribution in [3.63, 3.8) is 0 Å². The number of aryl methyl sites for hydroxylation is 1. The van der Waals surface area contributed by atoms with E-state index < -0.39 is 0 Å². The molecule has 0 atom stereocenters. The van der Waals surface area contributed by atoms with Crippen molar-refractivity contribution >= 4 is 55.8 Å². The second kappa shape index (κ2) is 6.51. The van der Waals surface area contributed by atoms with Crippen molar-refractivity contribution in [2.24, 2.45) is 0 Å². The Kier molecular flexibility index (Phi) is 4.58. The van der Waals surface area contributed by atoms with Crippen LogP contribution in [0.3, 0.4) is 0 Å². The minimum absolute atomic E-state index is 0.142. The molecule has 0 fully saturated rings. The highest BCUT2D eigenvalue weighted by Crippen LogP contribution is 2.35. The van der Waals surface area contributed by atoms with Crippen molar-refractivity contribution < 1.29 is 4.79 Å². The lowest BCUT2D eigenvalue weighted by Gasteiger charge is -2.07. The van der Waals surface area contributed by atoms with Crippen LogP contribution in [0.25, 0.3) is 10.2 Å². The summed E-state index contributed by atoms with van der Waals surface area (Å²) < 4.78 is 2.07. The van der Waals surface area contributed by atoms with Gasteiger partial charge in [-0.15, -0.1) is 0 Å². The Balaban J connectivity index is 1.82. The van der Waals surface area contributed by atoms with E-state index in [1.165, 1.54) is 22.2 Å². The van der Waals surface area contributed by atoms with Gasteiger partial charge < -0.3 is 5.32 Å². The minimum atomic E-state index is -0.372. The maximum absolute atomic E-state index is 12.2. The first-order chi connectivity index (χ1) is 11.4.